The van der Waals surface area contributed by atoms with Gasteiger partial charge in [0.1, 0.15) is 0 Å². The van der Waals surface area contributed by atoms with Crippen LogP contribution in [0.4, 0.5) is 10.5 Å². The number of carbonyl (C=O) groups is 1. The number of benzene rings is 1. The molecule has 2 amide bonds. The molecule has 3 aliphatic rings. The molecule has 4 heteroatoms. The Morgan fingerprint density at radius 3 is 2.26 bits per heavy atom. The third-order valence-corrected chi connectivity index (χ3v) is 5.88. The number of anilines is 1. The van der Waals surface area contributed by atoms with Crippen LogP contribution in [-0.2, 0) is 0 Å². The van der Waals surface area contributed by atoms with Crippen LogP contribution in [0.25, 0.3) is 0 Å². The van der Waals surface area contributed by atoms with E-state index in [9.17, 15) is 4.79 Å². The first kappa shape index (κ1) is 15.0. The topological polar surface area (TPSA) is 45.6 Å². The summed E-state index contributed by atoms with van der Waals surface area (Å²) >= 11 is 0. The summed E-state index contributed by atoms with van der Waals surface area (Å²) in [5.74, 6) is 0. The monoisotopic (exact) mass is 314 g/mol. The number of rotatable bonds is 3. The van der Waals surface area contributed by atoms with Gasteiger partial charge in [0, 0.05) is 37.4 Å². The summed E-state index contributed by atoms with van der Waals surface area (Å²) < 4.78 is 0. The van der Waals surface area contributed by atoms with Gasteiger partial charge in [-0.05, 0) is 38.3 Å². The molecule has 3 fully saturated rings. The summed E-state index contributed by atoms with van der Waals surface area (Å²) in [5, 5.41) is 6.20. The maximum absolute atomic E-state index is 12.3. The third-order valence-electron chi connectivity index (χ3n) is 5.88. The number of carbonyl (C=O) groups excluding carboxylic acids is 1. The molecule has 4 atom stereocenters. The second-order valence-electron chi connectivity index (χ2n) is 7.73. The highest BCUT2D eigenvalue weighted by molar-refractivity contribution is 5.89. The first-order chi connectivity index (χ1) is 11.2. The second kappa shape index (κ2) is 6.16. The van der Waals surface area contributed by atoms with Gasteiger partial charge in [-0.1, -0.05) is 17.7 Å². The Balaban J connectivity index is 1.34. The molecule has 2 unspecified atom stereocenters. The van der Waals surface area contributed by atoms with Crippen molar-refractivity contribution in [3.8, 4) is 0 Å². The van der Waals surface area contributed by atoms with Crippen LogP contribution in [0.3, 0.4) is 0 Å². The van der Waals surface area contributed by atoms with Crippen molar-refractivity contribution in [3.05, 3.63) is 29.8 Å². The summed E-state index contributed by atoms with van der Waals surface area (Å²) in [5.41, 5.74) is 2.08. The van der Waals surface area contributed by atoms with Crippen molar-refractivity contribution in [2.45, 2.75) is 76.0 Å². The van der Waals surface area contributed by atoms with Gasteiger partial charge in [-0.2, -0.15) is 0 Å². The number of amides is 2. The highest BCUT2D eigenvalue weighted by Gasteiger charge is 2.48. The molecule has 0 spiro atoms. The fourth-order valence-corrected chi connectivity index (χ4v) is 4.76. The fourth-order valence-electron chi connectivity index (χ4n) is 4.76. The fraction of sp³-hybridized carbons (Fsp3) is 0.632. The molecule has 124 valence electrons. The highest BCUT2D eigenvalue weighted by Crippen LogP contribution is 2.27. The molecule has 2 bridgehead atoms. The smallest absolute Gasteiger partial charge is 0.319 e. The molecule has 2 aliphatic heterocycles. The number of hydrogen-bond donors (Lipinski definition) is 3. The van der Waals surface area contributed by atoms with E-state index in [-0.39, 0.29) is 6.03 Å². The van der Waals surface area contributed by atoms with Crippen LogP contribution in [0.15, 0.2) is 24.3 Å². The van der Waals surface area contributed by atoms with Crippen LogP contribution in [0.1, 0.15) is 50.5 Å². The van der Waals surface area contributed by atoms with E-state index in [0.717, 1.165) is 36.7 Å². The lowest BCUT2D eigenvalue weighted by Crippen LogP contribution is -3.22. The van der Waals surface area contributed by atoms with E-state index in [1.165, 1.54) is 37.7 Å². The van der Waals surface area contributed by atoms with Crippen LogP contribution >= 0.6 is 0 Å². The summed E-state index contributed by atoms with van der Waals surface area (Å²) in [4.78, 5) is 14.2. The molecule has 4 nitrogen and oxygen atoms in total. The van der Waals surface area contributed by atoms with Crippen molar-refractivity contribution in [3.63, 3.8) is 0 Å². The Labute approximate surface area is 138 Å². The zero-order valence-electron chi connectivity index (χ0n) is 14.0. The predicted molar refractivity (Wildman–Crippen MR) is 91.8 cm³/mol. The normalized spacial score (nSPS) is 33.1. The molecular formula is C19H28N3O+. The lowest BCUT2D eigenvalue weighted by Gasteiger charge is -2.46. The van der Waals surface area contributed by atoms with Crippen LogP contribution in [0, 0.1) is 6.92 Å². The number of fused-ring (bicyclic) bond motifs is 2. The van der Waals surface area contributed by atoms with E-state index < -0.39 is 0 Å². The van der Waals surface area contributed by atoms with Gasteiger partial charge in [0.25, 0.3) is 0 Å². The van der Waals surface area contributed by atoms with Gasteiger partial charge in [0.15, 0.2) is 0 Å². The van der Waals surface area contributed by atoms with E-state index in [0.29, 0.717) is 6.04 Å². The van der Waals surface area contributed by atoms with Gasteiger partial charge >= 0.3 is 6.03 Å². The second-order valence-corrected chi connectivity index (χ2v) is 7.73. The minimum absolute atomic E-state index is 0.0493. The van der Waals surface area contributed by atoms with Crippen molar-refractivity contribution in [1.29, 1.82) is 0 Å². The highest BCUT2D eigenvalue weighted by atomic mass is 16.2. The molecule has 4 rings (SSSR count). The molecule has 2 heterocycles. The first-order valence-corrected chi connectivity index (χ1v) is 9.20. The molecule has 1 saturated carbocycles. The largest absolute Gasteiger partial charge is 0.335 e. The van der Waals surface area contributed by atoms with Crippen LogP contribution in [-0.4, -0.2) is 30.2 Å². The van der Waals surface area contributed by atoms with Crippen molar-refractivity contribution in [1.82, 2.24) is 5.32 Å². The predicted octanol–water partition coefficient (Wildman–Crippen LogP) is 2.25. The number of quaternary nitrogens is 1. The average Bonchev–Trinajstić information content (AvgIpc) is 3.33. The Morgan fingerprint density at radius 2 is 1.65 bits per heavy atom. The standard InChI is InChI=1S/C19H27N3O/c1-13-5-7-14(8-6-13)20-19(23)21-15-11-17-3-2-4-18(12-15)22(17)16-9-10-16/h5-8,15-18H,2-4,9-12H2,1H3,(H2,20,21,23)/p+1/t15?,17-,18+. The van der Waals surface area contributed by atoms with Crippen molar-refractivity contribution >= 4 is 11.7 Å². The number of nitrogens with one attached hydrogen (secondary N) is 3. The lowest BCUT2D eigenvalue weighted by atomic mass is 9.81. The van der Waals surface area contributed by atoms with Crippen LogP contribution in [0.5, 0.6) is 0 Å². The Kier molecular flexibility index (Phi) is 4.02. The summed E-state index contributed by atoms with van der Waals surface area (Å²) in [6, 6.07) is 10.8. The van der Waals surface area contributed by atoms with Crippen molar-refractivity contribution in [2.75, 3.05) is 5.32 Å². The van der Waals surface area contributed by atoms with Gasteiger partial charge in [-0.25, -0.2) is 4.79 Å². The van der Waals surface area contributed by atoms with Gasteiger partial charge in [0.05, 0.1) is 18.1 Å². The van der Waals surface area contributed by atoms with E-state index in [4.69, 9.17) is 0 Å². The van der Waals surface area contributed by atoms with Gasteiger partial charge in [-0.15, -0.1) is 0 Å². The maximum atomic E-state index is 12.3. The molecular weight excluding hydrogens is 286 g/mol. The average molecular weight is 314 g/mol. The summed E-state index contributed by atoms with van der Waals surface area (Å²) in [6.45, 7) is 2.05. The van der Waals surface area contributed by atoms with Crippen LogP contribution in [0.2, 0.25) is 0 Å². The SMILES string of the molecule is Cc1ccc(NC(=O)NC2C[C@H]3CCC[C@@H](C2)[NH+]3C2CC2)cc1. The first-order valence-electron chi connectivity index (χ1n) is 9.20. The lowest BCUT2D eigenvalue weighted by molar-refractivity contribution is -0.971. The number of hydrogen-bond acceptors (Lipinski definition) is 1. The molecule has 0 aromatic heterocycles. The quantitative estimate of drug-likeness (QED) is 0.787. The molecule has 2 saturated heterocycles. The van der Waals surface area contributed by atoms with Gasteiger partial charge in [-0.3, -0.25) is 0 Å². The van der Waals surface area contributed by atoms with E-state index in [1.807, 2.05) is 29.2 Å². The minimum Gasteiger partial charge on any atom is -0.335 e. The minimum atomic E-state index is -0.0493. The molecule has 1 aromatic carbocycles. The van der Waals surface area contributed by atoms with Crippen LogP contribution < -0.4 is 15.5 Å². The van der Waals surface area contributed by atoms with Crippen molar-refractivity contribution in [2.24, 2.45) is 0 Å². The molecule has 3 N–H and O–H groups in total. The summed E-state index contributed by atoms with van der Waals surface area (Å²) in [7, 11) is 0. The zero-order valence-corrected chi connectivity index (χ0v) is 14.0. The zero-order chi connectivity index (χ0) is 15.8. The third kappa shape index (κ3) is 3.37. The van der Waals surface area contributed by atoms with Gasteiger partial charge < -0.3 is 15.5 Å². The van der Waals surface area contributed by atoms with E-state index in [2.05, 4.69) is 17.6 Å². The van der Waals surface area contributed by atoms with E-state index >= 15 is 0 Å². The number of piperidine rings is 2. The molecule has 23 heavy (non-hydrogen) atoms. The molecule has 1 aromatic rings. The Hall–Kier alpha value is -1.55. The molecule has 0 radical (unpaired) electrons. The maximum Gasteiger partial charge on any atom is 0.319 e. The Bertz CT molecular complexity index is 552. The van der Waals surface area contributed by atoms with Crippen molar-refractivity contribution < 1.29 is 9.69 Å². The van der Waals surface area contributed by atoms with E-state index in [1.54, 1.807) is 0 Å². The number of urea groups is 1. The molecule has 1 aliphatic carbocycles. The summed E-state index contributed by atoms with van der Waals surface area (Å²) in [6.07, 6.45) is 9.24. The Morgan fingerprint density at radius 1 is 1.00 bits per heavy atom. The number of aryl methyl sites for hydroxylation is 1. The van der Waals surface area contributed by atoms with Gasteiger partial charge in [0.2, 0.25) is 0 Å².